The lowest BCUT2D eigenvalue weighted by molar-refractivity contribution is -0.159. The zero-order valence-electron chi connectivity index (χ0n) is 10.7. The number of rotatable bonds is 6. The first-order valence-corrected chi connectivity index (χ1v) is 7.31. The zero-order valence-corrected chi connectivity index (χ0v) is 11.5. The van der Waals surface area contributed by atoms with Crippen molar-refractivity contribution < 1.29 is 31.6 Å². The van der Waals surface area contributed by atoms with E-state index in [0.717, 1.165) is 6.26 Å². The van der Waals surface area contributed by atoms with Gasteiger partial charge in [0.1, 0.15) is 0 Å². The van der Waals surface area contributed by atoms with Gasteiger partial charge in [0.2, 0.25) is 0 Å². The van der Waals surface area contributed by atoms with Gasteiger partial charge in [-0.2, -0.15) is 8.42 Å². The summed E-state index contributed by atoms with van der Waals surface area (Å²) in [6.07, 6.45) is 0.181. The molecule has 0 amide bonds. The number of carbonyl (C=O) groups excluding carboxylic acids is 1. The Labute approximate surface area is 106 Å². The van der Waals surface area contributed by atoms with Crippen LogP contribution in [-0.4, -0.2) is 52.9 Å². The molecule has 106 valence electrons. The summed E-state index contributed by atoms with van der Waals surface area (Å²) in [4.78, 5) is 11.4. The van der Waals surface area contributed by atoms with Gasteiger partial charge in [0.05, 0.1) is 26.6 Å². The van der Waals surface area contributed by atoms with Crippen LogP contribution in [0.5, 0.6) is 0 Å². The molecule has 1 rings (SSSR count). The normalized spacial score (nSPS) is 20.6. The van der Waals surface area contributed by atoms with Gasteiger partial charge in [0.15, 0.2) is 11.9 Å². The lowest BCUT2D eigenvalue weighted by atomic mass is 10.1. The van der Waals surface area contributed by atoms with Crippen LogP contribution in [0, 0.1) is 0 Å². The maximum atomic E-state index is 11.4. The number of hydrogen-bond acceptors (Lipinski definition) is 7. The predicted molar refractivity (Wildman–Crippen MR) is 61.3 cm³/mol. The molecule has 0 aliphatic carbocycles. The van der Waals surface area contributed by atoms with Gasteiger partial charge in [0.25, 0.3) is 10.1 Å². The minimum atomic E-state index is -3.73. The van der Waals surface area contributed by atoms with Crippen LogP contribution in [0.4, 0.5) is 0 Å². The van der Waals surface area contributed by atoms with Crippen molar-refractivity contribution >= 4 is 16.1 Å². The lowest BCUT2D eigenvalue weighted by Gasteiger charge is -2.24. The van der Waals surface area contributed by atoms with Crippen molar-refractivity contribution in [3.05, 3.63) is 0 Å². The van der Waals surface area contributed by atoms with E-state index in [1.165, 1.54) is 7.11 Å². The fraction of sp³-hybridized carbons (Fsp3) is 0.900. The molecular formula is C10H18O7S. The maximum Gasteiger partial charge on any atom is 0.336 e. The Kier molecular flexibility index (Phi) is 5.09. The third kappa shape index (κ3) is 4.89. The monoisotopic (exact) mass is 282 g/mol. The number of esters is 1. The van der Waals surface area contributed by atoms with Crippen LogP contribution in [0.25, 0.3) is 0 Å². The molecule has 0 radical (unpaired) electrons. The van der Waals surface area contributed by atoms with Gasteiger partial charge in [-0.3, -0.25) is 4.18 Å². The fourth-order valence-electron chi connectivity index (χ4n) is 1.64. The van der Waals surface area contributed by atoms with E-state index in [0.29, 0.717) is 19.6 Å². The number of carbonyl (C=O) groups is 1. The first-order valence-electron chi connectivity index (χ1n) is 5.50. The molecule has 1 heterocycles. The smallest absolute Gasteiger partial charge is 0.336 e. The second-order valence-electron chi connectivity index (χ2n) is 4.18. The average molecular weight is 282 g/mol. The molecule has 1 unspecified atom stereocenters. The highest BCUT2D eigenvalue weighted by Crippen LogP contribution is 2.25. The molecule has 1 saturated heterocycles. The largest absolute Gasteiger partial charge is 0.467 e. The first kappa shape index (κ1) is 15.4. The Morgan fingerprint density at radius 2 is 1.94 bits per heavy atom. The van der Waals surface area contributed by atoms with Crippen molar-refractivity contribution in [2.45, 2.75) is 31.7 Å². The molecule has 1 fully saturated rings. The topological polar surface area (TPSA) is 88.1 Å². The van der Waals surface area contributed by atoms with Crippen LogP contribution in [-0.2, 0) is 33.3 Å². The van der Waals surface area contributed by atoms with Crippen molar-refractivity contribution in [1.29, 1.82) is 0 Å². The predicted octanol–water partition coefficient (Wildman–Crippen LogP) is 0.0474. The molecule has 0 N–H and O–H groups in total. The summed E-state index contributed by atoms with van der Waals surface area (Å²) in [7, 11) is -2.55. The maximum absolute atomic E-state index is 11.4. The molecule has 1 atom stereocenters. The van der Waals surface area contributed by atoms with Crippen molar-refractivity contribution in [2.75, 3.05) is 26.6 Å². The van der Waals surface area contributed by atoms with Crippen LogP contribution >= 0.6 is 0 Å². The van der Waals surface area contributed by atoms with E-state index in [1.807, 2.05) is 0 Å². The molecule has 0 saturated carbocycles. The molecule has 18 heavy (non-hydrogen) atoms. The highest BCUT2D eigenvalue weighted by molar-refractivity contribution is 7.86. The van der Waals surface area contributed by atoms with E-state index in [4.69, 9.17) is 9.47 Å². The molecule has 0 spiro atoms. The minimum Gasteiger partial charge on any atom is -0.467 e. The number of ether oxygens (including phenoxy) is 3. The summed E-state index contributed by atoms with van der Waals surface area (Å²) >= 11 is 0. The van der Waals surface area contributed by atoms with Gasteiger partial charge >= 0.3 is 5.97 Å². The van der Waals surface area contributed by atoms with Crippen LogP contribution < -0.4 is 0 Å². The lowest BCUT2D eigenvalue weighted by Crippen LogP contribution is -2.33. The van der Waals surface area contributed by atoms with Gasteiger partial charge < -0.3 is 14.2 Å². The molecule has 0 aromatic carbocycles. The van der Waals surface area contributed by atoms with Gasteiger partial charge in [-0.1, -0.05) is 0 Å². The summed E-state index contributed by atoms with van der Waals surface area (Å²) in [6.45, 7) is 2.69. The Morgan fingerprint density at radius 1 is 1.39 bits per heavy atom. The summed E-state index contributed by atoms with van der Waals surface area (Å²) < 4.78 is 42.0. The molecule has 7 nitrogen and oxygen atoms in total. The zero-order chi connectivity index (χ0) is 13.8. The van der Waals surface area contributed by atoms with E-state index in [9.17, 15) is 13.2 Å². The third-order valence-electron chi connectivity index (χ3n) is 2.51. The third-order valence-corrected chi connectivity index (χ3v) is 3.10. The quantitative estimate of drug-likeness (QED) is 0.502. The van der Waals surface area contributed by atoms with E-state index in [1.54, 1.807) is 6.92 Å². The van der Waals surface area contributed by atoms with Crippen LogP contribution in [0.15, 0.2) is 0 Å². The van der Waals surface area contributed by atoms with Gasteiger partial charge in [-0.15, -0.1) is 0 Å². The Hall–Kier alpha value is -0.700. The standard InChI is InChI=1S/C10H18O7S/c1-10(15-6-7-16-10)5-4-8(9(11)14-2)17-18(3,12)13/h8H,4-7H2,1-3H3. The van der Waals surface area contributed by atoms with Crippen LogP contribution in [0.1, 0.15) is 19.8 Å². The minimum absolute atomic E-state index is 0.135. The molecule has 0 aromatic heterocycles. The van der Waals surface area contributed by atoms with Crippen molar-refractivity contribution in [1.82, 2.24) is 0 Å². The second-order valence-corrected chi connectivity index (χ2v) is 5.78. The summed E-state index contributed by atoms with van der Waals surface area (Å²) in [5, 5.41) is 0. The fourth-order valence-corrected chi connectivity index (χ4v) is 2.24. The molecule has 0 aromatic rings. The summed E-state index contributed by atoms with van der Waals surface area (Å²) in [6, 6.07) is 0. The van der Waals surface area contributed by atoms with Gasteiger partial charge in [0, 0.05) is 6.42 Å². The van der Waals surface area contributed by atoms with Crippen LogP contribution in [0.2, 0.25) is 0 Å². The van der Waals surface area contributed by atoms with Gasteiger partial charge in [-0.25, -0.2) is 4.79 Å². The molecule has 8 heteroatoms. The van der Waals surface area contributed by atoms with Crippen molar-refractivity contribution in [3.63, 3.8) is 0 Å². The molecule has 1 aliphatic rings. The van der Waals surface area contributed by atoms with Gasteiger partial charge in [-0.05, 0) is 13.3 Å². The van der Waals surface area contributed by atoms with E-state index in [2.05, 4.69) is 8.92 Å². The second kappa shape index (κ2) is 5.96. The van der Waals surface area contributed by atoms with Crippen LogP contribution in [0.3, 0.4) is 0 Å². The van der Waals surface area contributed by atoms with E-state index >= 15 is 0 Å². The van der Waals surface area contributed by atoms with E-state index in [-0.39, 0.29) is 6.42 Å². The molecule has 1 aliphatic heterocycles. The first-order chi connectivity index (χ1) is 8.26. The van der Waals surface area contributed by atoms with Crippen molar-refractivity contribution in [3.8, 4) is 0 Å². The average Bonchev–Trinajstić information content (AvgIpc) is 2.69. The Balaban J connectivity index is 2.58. The summed E-state index contributed by atoms with van der Waals surface area (Å²) in [5.41, 5.74) is 0. The summed E-state index contributed by atoms with van der Waals surface area (Å²) in [5.74, 6) is -1.53. The highest BCUT2D eigenvalue weighted by atomic mass is 32.2. The SMILES string of the molecule is COC(=O)C(CCC1(C)OCCO1)OS(C)(=O)=O. The highest BCUT2D eigenvalue weighted by Gasteiger charge is 2.34. The molecular weight excluding hydrogens is 264 g/mol. The Bertz CT molecular complexity index is 383. The van der Waals surface area contributed by atoms with Crippen molar-refractivity contribution in [2.24, 2.45) is 0 Å². The molecule has 0 bridgehead atoms. The number of hydrogen-bond donors (Lipinski definition) is 0. The number of methoxy groups -OCH3 is 1. The Morgan fingerprint density at radius 3 is 2.39 bits per heavy atom. The van der Waals surface area contributed by atoms with E-state index < -0.39 is 28.0 Å².